The zero-order valence-electron chi connectivity index (χ0n) is 9.61. The van der Waals surface area contributed by atoms with Crippen LogP contribution >= 0.6 is 27.5 Å². The number of ketones is 1. The van der Waals surface area contributed by atoms with Gasteiger partial charge in [-0.05, 0) is 52.3 Å². The van der Waals surface area contributed by atoms with Gasteiger partial charge in [-0.15, -0.1) is 0 Å². The average Bonchev–Trinajstić information content (AvgIpc) is 2.41. The molecule has 0 amide bonds. The van der Waals surface area contributed by atoms with Gasteiger partial charge in [-0.1, -0.05) is 17.7 Å². The van der Waals surface area contributed by atoms with Crippen LogP contribution in [-0.2, 0) is 0 Å². The van der Waals surface area contributed by atoms with Crippen molar-refractivity contribution in [3.8, 4) is 5.75 Å². The van der Waals surface area contributed by atoms with Crippen LogP contribution in [0.1, 0.15) is 15.9 Å². The van der Waals surface area contributed by atoms with E-state index in [9.17, 15) is 4.79 Å². The molecule has 4 heteroatoms. The zero-order chi connectivity index (χ0) is 13.1. The summed E-state index contributed by atoms with van der Waals surface area (Å²) < 4.78 is 5.76. The first kappa shape index (κ1) is 13.1. The molecular formula is C14H10BrClO2. The van der Waals surface area contributed by atoms with E-state index in [4.69, 9.17) is 16.3 Å². The van der Waals surface area contributed by atoms with Crippen molar-refractivity contribution in [3.05, 3.63) is 63.1 Å². The van der Waals surface area contributed by atoms with Crippen LogP contribution in [0.4, 0.5) is 0 Å². The number of benzene rings is 2. The molecule has 0 atom stereocenters. The molecule has 0 bridgehead atoms. The summed E-state index contributed by atoms with van der Waals surface area (Å²) in [5.74, 6) is 0.607. The first-order valence-electron chi connectivity index (χ1n) is 5.26. The molecule has 2 rings (SSSR count). The van der Waals surface area contributed by atoms with E-state index >= 15 is 0 Å². The molecule has 0 saturated carbocycles. The van der Waals surface area contributed by atoms with Crippen molar-refractivity contribution in [2.24, 2.45) is 0 Å². The molecule has 2 aromatic carbocycles. The standard InChI is InChI=1S/C14H10BrClO2/c1-18-10-7-5-9(6-8-10)14(17)11-3-2-4-12(15)13(11)16/h2-8H,1H3. The van der Waals surface area contributed by atoms with Crippen LogP contribution in [0.5, 0.6) is 5.75 Å². The smallest absolute Gasteiger partial charge is 0.194 e. The number of carbonyl (C=O) groups is 1. The molecule has 92 valence electrons. The van der Waals surface area contributed by atoms with Gasteiger partial charge in [-0.2, -0.15) is 0 Å². The van der Waals surface area contributed by atoms with E-state index in [0.717, 1.165) is 0 Å². The van der Waals surface area contributed by atoms with Gasteiger partial charge in [0.2, 0.25) is 0 Å². The van der Waals surface area contributed by atoms with Gasteiger partial charge in [0.05, 0.1) is 12.1 Å². The van der Waals surface area contributed by atoms with Crippen LogP contribution in [0, 0.1) is 0 Å². The Hall–Kier alpha value is -1.32. The second kappa shape index (κ2) is 5.55. The predicted molar refractivity (Wildman–Crippen MR) is 75.6 cm³/mol. The van der Waals surface area contributed by atoms with E-state index in [2.05, 4.69) is 15.9 Å². The molecule has 0 aliphatic heterocycles. The maximum atomic E-state index is 12.3. The predicted octanol–water partition coefficient (Wildman–Crippen LogP) is 4.34. The number of methoxy groups -OCH3 is 1. The fraction of sp³-hybridized carbons (Fsp3) is 0.0714. The Bertz CT molecular complexity index is 579. The fourth-order valence-electron chi connectivity index (χ4n) is 1.58. The molecule has 0 unspecified atom stereocenters. The van der Waals surface area contributed by atoms with Crippen molar-refractivity contribution in [2.75, 3.05) is 7.11 Å². The van der Waals surface area contributed by atoms with Crippen molar-refractivity contribution in [3.63, 3.8) is 0 Å². The van der Waals surface area contributed by atoms with Gasteiger partial charge in [0.25, 0.3) is 0 Å². The Morgan fingerprint density at radius 2 is 1.83 bits per heavy atom. The first-order chi connectivity index (χ1) is 8.63. The van der Waals surface area contributed by atoms with Gasteiger partial charge >= 0.3 is 0 Å². The molecular weight excluding hydrogens is 316 g/mol. The van der Waals surface area contributed by atoms with Gasteiger partial charge < -0.3 is 4.74 Å². The minimum atomic E-state index is -0.107. The number of halogens is 2. The van der Waals surface area contributed by atoms with Crippen molar-refractivity contribution in [2.45, 2.75) is 0 Å². The van der Waals surface area contributed by atoms with Crippen LogP contribution < -0.4 is 4.74 Å². The van der Waals surface area contributed by atoms with E-state index in [1.54, 1.807) is 49.6 Å². The van der Waals surface area contributed by atoms with Gasteiger partial charge in [0, 0.05) is 15.6 Å². The molecule has 18 heavy (non-hydrogen) atoms. The lowest BCUT2D eigenvalue weighted by Gasteiger charge is -2.06. The Kier molecular flexibility index (Phi) is 4.04. The highest BCUT2D eigenvalue weighted by molar-refractivity contribution is 9.10. The Morgan fingerprint density at radius 1 is 1.17 bits per heavy atom. The maximum absolute atomic E-state index is 12.3. The number of hydrogen-bond acceptors (Lipinski definition) is 2. The molecule has 0 radical (unpaired) electrons. The third-order valence-corrected chi connectivity index (χ3v) is 3.84. The molecule has 0 heterocycles. The van der Waals surface area contributed by atoms with Gasteiger partial charge in [0.1, 0.15) is 5.75 Å². The minimum absolute atomic E-state index is 0.107. The van der Waals surface area contributed by atoms with Crippen molar-refractivity contribution in [1.82, 2.24) is 0 Å². The third kappa shape index (κ3) is 2.57. The van der Waals surface area contributed by atoms with E-state index in [-0.39, 0.29) is 5.78 Å². The summed E-state index contributed by atoms with van der Waals surface area (Å²) in [6, 6.07) is 12.2. The number of hydrogen-bond donors (Lipinski definition) is 0. The lowest BCUT2D eigenvalue weighted by Crippen LogP contribution is -2.02. The van der Waals surface area contributed by atoms with Gasteiger partial charge in [-0.3, -0.25) is 4.79 Å². The fourth-order valence-corrected chi connectivity index (χ4v) is 2.16. The normalized spacial score (nSPS) is 10.2. The summed E-state index contributed by atoms with van der Waals surface area (Å²) in [5, 5.41) is 0.429. The van der Waals surface area contributed by atoms with Crippen LogP contribution in [0.3, 0.4) is 0 Å². The van der Waals surface area contributed by atoms with Crippen LogP contribution in [-0.4, -0.2) is 12.9 Å². The topological polar surface area (TPSA) is 26.3 Å². The van der Waals surface area contributed by atoms with E-state index in [1.165, 1.54) is 0 Å². The van der Waals surface area contributed by atoms with Crippen LogP contribution in [0.2, 0.25) is 5.02 Å². The maximum Gasteiger partial charge on any atom is 0.194 e. The molecule has 0 spiro atoms. The van der Waals surface area contributed by atoms with E-state index in [0.29, 0.717) is 26.4 Å². The second-order valence-electron chi connectivity index (χ2n) is 3.66. The van der Waals surface area contributed by atoms with Crippen molar-refractivity contribution >= 4 is 33.3 Å². The lowest BCUT2D eigenvalue weighted by molar-refractivity contribution is 0.103. The number of rotatable bonds is 3. The summed E-state index contributed by atoms with van der Waals surface area (Å²) in [7, 11) is 1.59. The molecule has 0 saturated heterocycles. The highest BCUT2D eigenvalue weighted by atomic mass is 79.9. The highest BCUT2D eigenvalue weighted by Gasteiger charge is 2.14. The number of carbonyl (C=O) groups excluding carboxylic acids is 1. The zero-order valence-corrected chi connectivity index (χ0v) is 12.0. The van der Waals surface area contributed by atoms with Crippen LogP contribution in [0.15, 0.2) is 46.9 Å². The lowest BCUT2D eigenvalue weighted by atomic mass is 10.0. The average molecular weight is 326 g/mol. The summed E-state index contributed by atoms with van der Waals surface area (Å²) in [6.45, 7) is 0. The van der Waals surface area contributed by atoms with Crippen molar-refractivity contribution in [1.29, 1.82) is 0 Å². The monoisotopic (exact) mass is 324 g/mol. The van der Waals surface area contributed by atoms with E-state index in [1.807, 2.05) is 0 Å². The highest BCUT2D eigenvalue weighted by Crippen LogP contribution is 2.28. The molecule has 0 N–H and O–H groups in total. The Balaban J connectivity index is 2.38. The molecule has 0 aliphatic rings. The minimum Gasteiger partial charge on any atom is -0.497 e. The number of ether oxygens (including phenoxy) is 1. The molecule has 0 aliphatic carbocycles. The Labute approximate surface area is 119 Å². The SMILES string of the molecule is COc1ccc(C(=O)c2cccc(Br)c2Cl)cc1. The van der Waals surface area contributed by atoms with Crippen LogP contribution in [0.25, 0.3) is 0 Å². The molecule has 0 aromatic heterocycles. The summed E-state index contributed by atoms with van der Waals surface area (Å²) in [5.41, 5.74) is 1.06. The molecule has 0 fully saturated rings. The summed E-state index contributed by atoms with van der Waals surface area (Å²) >= 11 is 9.41. The van der Waals surface area contributed by atoms with Crippen molar-refractivity contribution < 1.29 is 9.53 Å². The summed E-state index contributed by atoms with van der Waals surface area (Å²) in [6.07, 6.45) is 0. The van der Waals surface area contributed by atoms with Gasteiger partial charge in [0.15, 0.2) is 5.78 Å². The summed E-state index contributed by atoms with van der Waals surface area (Å²) in [4.78, 5) is 12.3. The Morgan fingerprint density at radius 3 is 2.44 bits per heavy atom. The molecule has 2 nitrogen and oxygen atoms in total. The third-order valence-electron chi connectivity index (χ3n) is 2.55. The largest absolute Gasteiger partial charge is 0.497 e. The van der Waals surface area contributed by atoms with Gasteiger partial charge in [-0.25, -0.2) is 0 Å². The quantitative estimate of drug-likeness (QED) is 0.785. The second-order valence-corrected chi connectivity index (χ2v) is 4.89. The first-order valence-corrected chi connectivity index (χ1v) is 6.43. The molecule has 2 aromatic rings. The van der Waals surface area contributed by atoms with E-state index < -0.39 is 0 Å².